The van der Waals surface area contributed by atoms with Crippen molar-refractivity contribution in [1.82, 2.24) is 5.32 Å². The number of carbonyl (C=O) groups excluding carboxylic acids is 1. The van der Waals surface area contributed by atoms with Crippen LogP contribution in [-0.2, 0) is 6.54 Å². The van der Waals surface area contributed by atoms with E-state index >= 15 is 0 Å². The summed E-state index contributed by atoms with van der Waals surface area (Å²) in [7, 11) is 0. The van der Waals surface area contributed by atoms with Crippen molar-refractivity contribution in [2.45, 2.75) is 34.2 Å². The van der Waals surface area contributed by atoms with Crippen LogP contribution in [0.25, 0.3) is 0 Å². The van der Waals surface area contributed by atoms with E-state index in [1.54, 1.807) is 0 Å². The largest absolute Gasteiger partial charge is 0.490 e. The lowest BCUT2D eigenvalue weighted by atomic mass is 10.1. The first-order valence-electron chi connectivity index (χ1n) is 9.64. The third-order valence-corrected chi connectivity index (χ3v) is 4.23. The van der Waals surface area contributed by atoms with Crippen LogP contribution in [0, 0.1) is 5.92 Å². The van der Waals surface area contributed by atoms with Gasteiger partial charge in [-0.15, -0.1) is 0 Å². The third-order valence-electron chi connectivity index (χ3n) is 3.95. The summed E-state index contributed by atoms with van der Waals surface area (Å²) in [4.78, 5) is 12.2. The highest BCUT2D eigenvalue weighted by Gasteiger charge is 2.12. The number of benzene rings is 2. The summed E-state index contributed by atoms with van der Waals surface area (Å²) in [5.74, 6) is 1.54. The minimum absolute atomic E-state index is 0.0694. The monoisotopic (exact) mass is 404 g/mol. The number of ether oxygens (including phenoxy) is 2. The van der Waals surface area contributed by atoms with Gasteiger partial charge in [-0.3, -0.25) is 4.79 Å². The predicted molar refractivity (Wildman–Crippen MR) is 115 cm³/mol. The zero-order valence-corrected chi connectivity index (χ0v) is 17.7. The maximum atomic E-state index is 12.2. The number of hydrogen-bond acceptors (Lipinski definition) is 4. The van der Waals surface area contributed by atoms with Crippen LogP contribution in [0.1, 0.15) is 43.6 Å². The van der Waals surface area contributed by atoms with E-state index in [2.05, 4.69) is 24.5 Å². The summed E-state index contributed by atoms with van der Waals surface area (Å²) in [6.07, 6.45) is 0. The standard InChI is InChI=1S/C22H29ClN2O3/c1-5-27-20-11-16(10-19(23)21(20)28-6-2)14-24-18-9-7-8-17(12-18)22(26)25-13-15(3)4/h7-12,15,24H,5-6,13-14H2,1-4H3,(H,25,26). The molecule has 2 rings (SSSR count). The number of rotatable bonds is 10. The highest BCUT2D eigenvalue weighted by atomic mass is 35.5. The second-order valence-electron chi connectivity index (χ2n) is 6.81. The molecule has 2 aromatic rings. The van der Waals surface area contributed by atoms with Crippen molar-refractivity contribution in [3.63, 3.8) is 0 Å². The minimum atomic E-state index is -0.0694. The first kappa shape index (κ1) is 21.9. The summed E-state index contributed by atoms with van der Waals surface area (Å²) < 4.78 is 11.3. The zero-order valence-electron chi connectivity index (χ0n) is 17.0. The van der Waals surface area contributed by atoms with E-state index < -0.39 is 0 Å². The number of anilines is 1. The molecule has 0 aromatic heterocycles. The Hall–Kier alpha value is -2.40. The fourth-order valence-corrected chi connectivity index (χ4v) is 2.93. The first-order chi connectivity index (χ1) is 13.4. The van der Waals surface area contributed by atoms with Gasteiger partial charge in [0.25, 0.3) is 5.91 Å². The molecule has 0 aliphatic heterocycles. The minimum Gasteiger partial charge on any atom is -0.490 e. The van der Waals surface area contributed by atoms with Crippen molar-refractivity contribution < 1.29 is 14.3 Å². The molecule has 0 aliphatic carbocycles. The van der Waals surface area contributed by atoms with Gasteiger partial charge in [-0.1, -0.05) is 31.5 Å². The van der Waals surface area contributed by atoms with Gasteiger partial charge in [-0.05, 0) is 55.7 Å². The Balaban J connectivity index is 2.09. The fourth-order valence-electron chi connectivity index (χ4n) is 2.64. The van der Waals surface area contributed by atoms with Crippen molar-refractivity contribution >= 4 is 23.2 Å². The maximum Gasteiger partial charge on any atom is 0.251 e. The predicted octanol–water partition coefficient (Wildman–Crippen LogP) is 5.14. The van der Waals surface area contributed by atoms with Gasteiger partial charge in [0.05, 0.1) is 18.2 Å². The van der Waals surface area contributed by atoms with Crippen LogP contribution in [0.15, 0.2) is 36.4 Å². The van der Waals surface area contributed by atoms with Crippen molar-refractivity contribution in [2.75, 3.05) is 25.1 Å². The normalized spacial score (nSPS) is 10.6. The molecule has 1 amide bonds. The van der Waals surface area contributed by atoms with Crippen LogP contribution in [0.3, 0.4) is 0 Å². The van der Waals surface area contributed by atoms with Gasteiger partial charge < -0.3 is 20.1 Å². The Bertz CT molecular complexity index is 793. The van der Waals surface area contributed by atoms with Gasteiger partial charge in [0, 0.05) is 24.3 Å². The highest BCUT2D eigenvalue weighted by Crippen LogP contribution is 2.36. The quantitative estimate of drug-likeness (QED) is 0.576. The van der Waals surface area contributed by atoms with Crippen LogP contribution in [-0.4, -0.2) is 25.7 Å². The lowest BCUT2D eigenvalue weighted by Gasteiger charge is -2.15. The smallest absolute Gasteiger partial charge is 0.251 e. The van der Waals surface area contributed by atoms with Gasteiger partial charge in [-0.25, -0.2) is 0 Å². The fraction of sp³-hybridized carbons (Fsp3) is 0.409. The average molecular weight is 405 g/mol. The molecule has 0 atom stereocenters. The Morgan fingerprint density at radius 2 is 1.86 bits per heavy atom. The topological polar surface area (TPSA) is 59.6 Å². The molecule has 0 radical (unpaired) electrons. The zero-order chi connectivity index (χ0) is 20.5. The lowest BCUT2D eigenvalue weighted by Crippen LogP contribution is -2.27. The van der Waals surface area contributed by atoms with Crippen molar-refractivity contribution in [1.29, 1.82) is 0 Å². The van der Waals surface area contributed by atoms with E-state index in [-0.39, 0.29) is 5.91 Å². The first-order valence-corrected chi connectivity index (χ1v) is 10.0. The van der Waals surface area contributed by atoms with E-state index in [1.807, 2.05) is 50.2 Å². The lowest BCUT2D eigenvalue weighted by molar-refractivity contribution is 0.0949. The Morgan fingerprint density at radius 3 is 2.54 bits per heavy atom. The van der Waals surface area contributed by atoms with Gasteiger partial charge in [-0.2, -0.15) is 0 Å². The number of nitrogens with one attached hydrogen (secondary N) is 2. The van der Waals surface area contributed by atoms with Crippen LogP contribution >= 0.6 is 11.6 Å². The summed E-state index contributed by atoms with van der Waals surface area (Å²) in [5.41, 5.74) is 2.46. The second kappa shape index (κ2) is 10.8. The maximum absolute atomic E-state index is 12.2. The van der Waals surface area contributed by atoms with E-state index in [0.717, 1.165) is 11.3 Å². The molecular formula is C22H29ClN2O3. The number of halogens is 1. The second-order valence-corrected chi connectivity index (χ2v) is 7.22. The van der Waals surface area contributed by atoms with Gasteiger partial charge in [0.2, 0.25) is 0 Å². The summed E-state index contributed by atoms with van der Waals surface area (Å²) in [5, 5.41) is 6.79. The molecule has 0 aliphatic rings. The Morgan fingerprint density at radius 1 is 1.11 bits per heavy atom. The van der Waals surface area contributed by atoms with E-state index in [0.29, 0.717) is 54.3 Å². The van der Waals surface area contributed by atoms with Crippen molar-refractivity contribution in [3.05, 3.63) is 52.5 Å². The molecule has 0 unspecified atom stereocenters. The average Bonchev–Trinajstić information content (AvgIpc) is 2.67. The number of carbonyl (C=O) groups is 1. The molecule has 0 spiro atoms. The molecule has 5 nitrogen and oxygen atoms in total. The number of amides is 1. The molecule has 2 aromatic carbocycles. The highest BCUT2D eigenvalue weighted by molar-refractivity contribution is 6.32. The molecule has 0 saturated carbocycles. The molecule has 0 fully saturated rings. The summed E-state index contributed by atoms with van der Waals surface area (Å²) >= 11 is 6.37. The van der Waals surface area contributed by atoms with Gasteiger partial charge in [0.15, 0.2) is 11.5 Å². The van der Waals surface area contributed by atoms with E-state index in [1.165, 1.54) is 0 Å². The molecule has 6 heteroatoms. The molecule has 2 N–H and O–H groups in total. The van der Waals surface area contributed by atoms with Crippen molar-refractivity contribution in [2.24, 2.45) is 5.92 Å². The molecule has 0 bridgehead atoms. The summed E-state index contributed by atoms with van der Waals surface area (Å²) in [6, 6.07) is 11.2. The third kappa shape index (κ3) is 6.34. The van der Waals surface area contributed by atoms with Crippen LogP contribution in [0.5, 0.6) is 11.5 Å². The molecule has 28 heavy (non-hydrogen) atoms. The van der Waals surface area contributed by atoms with E-state index in [9.17, 15) is 4.79 Å². The van der Waals surface area contributed by atoms with Crippen molar-refractivity contribution in [3.8, 4) is 11.5 Å². The molecule has 152 valence electrons. The number of hydrogen-bond donors (Lipinski definition) is 2. The van der Waals surface area contributed by atoms with E-state index in [4.69, 9.17) is 21.1 Å². The Labute approximate surface area is 172 Å². The SMILES string of the molecule is CCOc1cc(CNc2cccc(C(=O)NCC(C)C)c2)cc(Cl)c1OCC. The van der Waals surface area contributed by atoms with Crippen LogP contribution < -0.4 is 20.1 Å². The van der Waals surface area contributed by atoms with Crippen LogP contribution in [0.2, 0.25) is 5.02 Å². The van der Waals surface area contributed by atoms with Gasteiger partial charge in [0.1, 0.15) is 0 Å². The molecule has 0 heterocycles. The summed E-state index contributed by atoms with van der Waals surface area (Å²) in [6.45, 7) is 10.2. The molecule has 0 saturated heterocycles. The van der Waals surface area contributed by atoms with Gasteiger partial charge >= 0.3 is 0 Å². The Kier molecular flexibility index (Phi) is 8.45. The van der Waals surface area contributed by atoms with Crippen LogP contribution in [0.4, 0.5) is 5.69 Å². The molecular weight excluding hydrogens is 376 g/mol.